The third-order valence-electron chi connectivity index (χ3n) is 6.27. The fourth-order valence-corrected chi connectivity index (χ4v) is 4.86. The predicted octanol–water partition coefficient (Wildman–Crippen LogP) is 6.50. The van der Waals surface area contributed by atoms with E-state index in [4.69, 9.17) is 9.16 Å². The van der Waals surface area contributed by atoms with Crippen LogP contribution in [0.3, 0.4) is 0 Å². The van der Waals surface area contributed by atoms with Gasteiger partial charge in [-0.25, -0.2) is 0 Å². The molecule has 2 rings (SSSR count). The quantitative estimate of drug-likeness (QED) is 0.501. The lowest BCUT2D eigenvalue weighted by Gasteiger charge is -2.40. The minimum atomic E-state index is -1.86. The molecule has 0 bridgehead atoms. The van der Waals surface area contributed by atoms with Gasteiger partial charge in [0.2, 0.25) is 0 Å². The van der Waals surface area contributed by atoms with E-state index in [-0.39, 0.29) is 16.7 Å². The Bertz CT molecular complexity index is 610. The standard InChI is InChI=1S/C24H43NO2Si/c1-23(2,3)25-17-20(27-28(7,8)24(4,5)6)18-26-22-16-12-11-15-21(22)19-13-9-10-14-19/h11-12,15-16,19-20,25H,9-10,13-14,17-18H2,1-8H3. The van der Waals surface area contributed by atoms with Crippen molar-refractivity contribution in [1.82, 2.24) is 5.32 Å². The Labute approximate surface area is 174 Å². The average molecular weight is 406 g/mol. The topological polar surface area (TPSA) is 30.5 Å². The van der Waals surface area contributed by atoms with Gasteiger partial charge in [-0.2, -0.15) is 0 Å². The van der Waals surface area contributed by atoms with Gasteiger partial charge in [-0.15, -0.1) is 0 Å². The van der Waals surface area contributed by atoms with E-state index >= 15 is 0 Å². The van der Waals surface area contributed by atoms with Gasteiger partial charge in [0.15, 0.2) is 8.32 Å². The molecule has 4 heteroatoms. The van der Waals surface area contributed by atoms with Crippen molar-refractivity contribution in [2.45, 2.75) is 103 Å². The van der Waals surface area contributed by atoms with Crippen LogP contribution in [0, 0.1) is 0 Å². The summed E-state index contributed by atoms with van der Waals surface area (Å²) in [4.78, 5) is 0. The Morgan fingerprint density at radius 1 is 1.04 bits per heavy atom. The SMILES string of the molecule is CC(C)(C)NCC(COc1ccccc1C1CCCC1)O[Si](C)(C)C(C)(C)C. The van der Waals surface area contributed by atoms with E-state index in [9.17, 15) is 0 Å². The summed E-state index contributed by atoms with van der Waals surface area (Å²) in [5, 5.41) is 3.81. The Balaban J connectivity index is 2.10. The maximum absolute atomic E-state index is 6.74. The first-order valence-corrected chi connectivity index (χ1v) is 13.9. The van der Waals surface area contributed by atoms with Crippen LogP contribution in [0.5, 0.6) is 5.75 Å². The maximum atomic E-state index is 6.74. The molecular formula is C24H43NO2Si. The van der Waals surface area contributed by atoms with Gasteiger partial charge in [-0.1, -0.05) is 51.8 Å². The van der Waals surface area contributed by atoms with Crippen LogP contribution in [0.15, 0.2) is 24.3 Å². The molecule has 1 saturated carbocycles. The fourth-order valence-electron chi connectivity index (χ4n) is 3.52. The van der Waals surface area contributed by atoms with Crippen LogP contribution in [0.4, 0.5) is 0 Å². The van der Waals surface area contributed by atoms with Crippen molar-refractivity contribution in [2.24, 2.45) is 0 Å². The number of para-hydroxylation sites is 1. The molecule has 160 valence electrons. The number of benzene rings is 1. The van der Waals surface area contributed by atoms with Crippen LogP contribution in [0.1, 0.15) is 78.7 Å². The first-order valence-electron chi connectivity index (χ1n) is 11.0. The zero-order valence-corrected chi connectivity index (χ0v) is 20.5. The van der Waals surface area contributed by atoms with Crippen LogP contribution in [-0.4, -0.2) is 33.1 Å². The van der Waals surface area contributed by atoms with Gasteiger partial charge in [-0.3, -0.25) is 0 Å². The molecule has 0 aromatic heterocycles. The third-order valence-corrected chi connectivity index (χ3v) is 10.8. The molecule has 1 fully saturated rings. The molecule has 3 nitrogen and oxygen atoms in total. The predicted molar refractivity (Wildman–Crippen MR) is 123 cm³/mol. The number of hydrogen-bond donors (Lipinski definition) is 1. The first kappa shape index (κ1) is 23.4. The molecule has 1 aliphatic carbocycles. The lowest BCUT2D eigenvalue weighted by atomic mass is 9.97. The number of hydrogen-bond acceptors (Lipinski definition) is 3. The highest BCUT2D eigenvalue weighted by atomic mass is 28.4. The van der Waals surface area contributed by atoms with Gasteiger partial charge in [0.05, 0.1) is 6.10 Å². The second-order valence-corrected chi connectivity index (χ2v) is 15.7. The number of rotatable bonds is 8. The molecule has 1 aromatic rings. The molecule has 0 heterocycles. The smallest absolute Gasteiger partial charge is 0.192 e. The molecule has 1 aliphatic rings. The van der Waals surface area contributed by atoms with Crippen molar-refractivity contribution in [3.8, 4) is 5.75 Å². The lowest BCUT2D eigenvalue weighted by molar-refractivity contribution is 0.107. The van der Waals surface area contributed by atoms with Crippen LogP contribution in [0.25, 0.3) is 0 Å². The summed E-state index contributed by atoms with van der Waals surface area (Å²) in [7, 11) is -1.86. The van der Waals surface area contributed by atoms with Gasteiger partial charge in [0.1, 0.15) is 12.4 Å². The Kier molecular flexibility index (Phi) is 7.80. The van der Waals surface area contributed by atoms with Gasteiger partial charge >= 0.3 is 0 Å². The van der Waals surface area contributed by atoms with Crippen molar-refractivity contribution >= 4 is 8.32 Å². The summed E-state index contributed by atoms with van der Waals surface area (Å²) in [6.45, 7) is 19.5. The van der Waals surface area contributed by atoms with E-state index in [1.54, 1.807) is 0 Å². The van der Waals surface area contributed by atoms with E-state index < -0.39 is 8.32 Å². The van der Waals surface area contributed by atoms with E-state index in [1.165, 1.54) is 31.2 Å². The molecule has 0 amide bonds. The van der Waals surface area contributed by atoms with Crippen molar-refractivity contribution in [3.63, 3.8) is 0 Å². The van der Waals surface area contributed by atoms with Crippen LogP contribution >= 0.6 is 0 Å². The van der Waals surface area contributed by atoms with E-state index in [1.807, 2.05) is 0 Å². The van der Waals surface area contributed by atoms with Crippen molar-refractivity contribution < 1.29 is 9.16 Å². The monoisotopic (exact) mass is 405 g/mol. The van der Waals surface area contributed by atoms with Gasteiger partial charge in [0, 0.05) is 12.1 Å². The summed E-state index contributed by atoms with van der Waals surface area (Å²) in [6.07, 6.45) is 5.31. The van der Waals surface area contributed by atoms with Crippen LogP contribution in [-0.2, 0) is 4.43 Å². The summed E-state index contributed by atoms with van der Waals surface area (Å²) in [6, 6.07) is 8.62. The van der Waals surface area contributed by atoms with Crippen molar-refractivity contribution in [2.75, 3.05) is 13.2 Å². The second-order valence-electron chi connectivity index (χ2n) is 11.0. The zero-order chi connectivity index (χ0) is 21.0. The molecule has 1 N–H and O–H groups in total. The molecule has 0 aliphatic heterocycles. The molecule has 1 aromatic carbocycles. The lowest BCUT2D eigenvalue weighted by Crippen LogP contribution is -2.50. The summed E-state index contributed by atoms with van der Waals surface area (Å²) in [5.41, 5.74) is 1.45. The van der Waals surface area contributed by atoms with E-state index in [2.05, 4.69) is 84.2 Å². The van der Waals surface area contributed by atoms with E-state index in [0.29, 0.717) is 12.5 Å². The highest BCUT2D eigenvalue weighted by Gasteiger charge is 2.39. The van der Waals surface area contributed by atoms with Gasteiger partial charge in [-0.05, 0) is 69.3 Å². The van der Waals surface area contributed by atoms with Crippen LogP contribution in [0.2, 0.25) is 18.1 Å². The highest BCUT2D eigenvalue weighted by Crippen LogP contribution is 2.39. The minimum absolute atomic E-state index is 0.0525. The molecule has 1 unspecified atom stereocenters. The van der Waals surface area contributed by atoms with E-state index in [0.717, 1.165) is 12.3 Å². The Hall–Kier alpha value is -0.843. The summed E-state index contributed by atoms with van der Waals surface area (Å²) >= 11 is 0. The normalized spacial score (nSPS) is 17.7. The molecule has 0 radical (unpaired) electrons. The summed E-state index contributed by atoms with van der Waals surface area (Å²) in [5.74, 6) is 1.71. The fraction of sp³-hybridized carbons (Fsp3) is 0.750. The Morgan fingerprint density at radius 2 is 1.64 bits per heavy atom. The Morgan fingerprint density at radius 3 is 2.21 bits per heavy atom. The van der Waals surface area contributed by atoms with Crippen LogP contribution < -0.4 is 10.1 Å². The third kappa shape index (κ3) is 6.89. The summed E-state index contributed by atoms with van der Waals surface area (Å²) < 4.78 is 13.1. The maximum Gasteiger partial charge on any atom is 0.192 e. The molecule has 0 spiro atoms. The van der Waals surface area contributed by atoms with Gasteiger partial charge < -0.3 is 14.5 Å². The second kappa shape index (κ2) is 9.31. The van der Waals surface area contributed by atoms with Crippen molar-refractivity contribution in [3.05, 3.63) is 29.8 Å². The van der Waals surface area contributed by atoms with Gasteiger partial charge in [0.25, 0.3) is 0 Å². The highest BCUT2D eigenvalue weighted by molar-refractivity contribution is 6.74. The largest absolute Gasteiger partial charge is 0.491 e. The number of ether oxygens (including phenoxy) is 1. The molecule has 28 heavy (non-hydrogen) atoms. The average Bonchev–Trinajstić information content (AvgIpc) is 3.10. The number of nitrogens with one attached hydrogen (secondary N) is 1. The molecular weight excluding hydrogens is 362 g/mol. The minimum Gasteiger partial charge on any atom is -0.491 e. The zero-order valence-electron chi connectivity index (χ0n) is 19.5. The molecule has 1 atom stereocenters. The first-order chi connectivity index (χ1) is 12.9. The van der Waals surface area contributed by atoms with Crippen molar-refractivity contribution in [1.29, 1.82) is 0 Å². The molecule has 0 saturated heterocycles.